The number of aryl methyl sites for hydroxylation is 1. The van der Waals surface area contributed by atoms with E-state index in [9.17, 15) is 26.7 Å². The first-order valence-corrected chi connectivity index (χ1v) is 8.46. The summed E-state index contributed by atoms with van der Waals surface area (Å²) in [6.45, 7) is -1.37. The zero-order valence-corrected chi connectivity index (χ0v) is 14.2. The number of amides is 1. The third-order valence-electron chi connectivity index (χ3n) is 4.97. The molecule has 1 aliphatic heterocycles. The highest BCUT2D eigenvalue weighted by Crippen LogP contribution is 2.48. The number of hydrogen-bond acceptors (Lipinski definition) is 3. The molecule has 2 aromatic rings. The van der Waals surface area contributed by atoms with E-state index in [2.05, 4.69) is 10.2 Å². The fraction of sp³-hybridized carbons (Fsp3) is 0.562. The van der Waals surface area contributed by atoms with Crippen LogP contribution in [0.5, 0.6) is 0 Å². The van der Waals surface area contributed by atoms with Crippen molar-refractivity contribution in [3.63, 3.8) is 0 Å². The van der Waals surface area contributed by atoms with E-state index in [4.69, 9.17) is 0 Å². The number of rotatable bonds is 3. The molecule has 2 aromatic heterocycles. The second-order valence-corrected chi connectivity index (χ2v) is 6.92. The van der Waals surface area contributed by atoms with E-state index in [-0.39, 0.29) is 23.9 Å². The van der Waals surface area contributed by atoms with Crippen LogP contribution in [-0.4, -0.2) is 37.7 Å². The van der Waals surface area contributed by atoms with Crippen molar-refractivity contribution in [2.45, 2.75) is 51.0 Å². The van der Waals surface area contributed by atoms with Crippen LogP contribution in [0.4, 0.5) is 27.8 Å². The molecule has 6 nitrogen and oxygen atoms in total. The molecule has 1 saturated carbocycles. The summed E-state index contributed by atoms with van der Waals surface area (Å²) in [4.78, 5) is 14.2. The van der Waals surface area contributed by atoms with E-state index < -0.39 is 30.7 Å². The Hall–Kier alpha value is -2.46. The molecule has 27 heavy (non-hydrogen) atoms. The van der Waals surface area contributed by atoms with E-state index in [1.165, 1.54) is 11.0 Å². The number of carbonyl (C=O) groups is 1. The van der Waals surface area contributed by atoms with Gasteiger partial charge in [0.25, 0.3) is 5.91 Å². The molecule has 0 N–H and O–H groups in total. The van der Waals surface area contributed by atoms with Gasteiger partial charge in [-0.05, 0) is 38.2 Å². The van der Waals surface area contributed by atoms with Gasteiger partial charge in [0.1, 0.15) is 5.82 Å². The molecule has 2 aliphatic rings. The number of alkyl halides is 5. The largest absolute Gasteiger partial charge is 0.410 e. The minimum atomic E-state index is -4.51. The van der Waals surface area contributed by atoms with Gasteiger partial charge in [-0.25, -0.2) is 9.36 Å². The number of anilines is 1. The van der Waals surface area contributed by atoms with Gasteiger partial charge in [0, 0.05) is 18.3 Å². The molecule has 3 heterocycles. The van der Waals surface area contributed by atoms with Crippen molar-refractivity contribution in [1.82, 2.24) is 19.6 Å². The van der Waals surface area contributed by atoms with Crippen molar-refractivity contribution in [2.75, 3.05) is 4.90 Å². The van der Waals surface area contributed by atoms with Gasteiger partial charge in [-0.2, -0.15) is 32.1 Å². The lowest BCUT2D eigenvalue weighted by molar-refractivity contribution is -0.174. The number of hydrogen-bond donors (Lipinski definition) is 0. The molecule has 1 fully saturated rings. The molecule has 0 unspecified atom stereocenters. The predicted molar refractivity (Wildman–Crippen MR) is 83.5 cm³/mol. The third-order valence-corrected chi connectivity index (χ3v) is 4.97. The van der Waals surface area contributed by atoms with Crippen molar-refractivity contribution in [3.8, 4) is 0 Å². The molecule has 2 atom stereocenters. The maximum Gasteiger partial charge on any atom is 0.410 e. The molecule has 0 aromatic carbocycles. The van der Waals surface area contributed by atoms with Gasteiger partial charge in [-0.15, -0.1) is 0 Å². The highest BCUT2D eigenvalue weighted by Gasteiger charge is 2.52. The van der Waals surface area contributed by atoms with Crippen LogP contribution in [0.1, 0.15) is 48.0 Å². The van der Waals surface area contributed by atoms with Crippen molar-refractivity contribution in [1.29, 1.82) is 0 Å². The predicted octanol–water partition coefficient (Wildman–Crippen LogP) is 3.72. The molecular weight excluding hydrogens is 373 g/mol. The van der Waals surface area contributed by atoms with Gasteiger partial charge in [-0.1, -0.05) is 0 Å². The maximum atomic E-state index is 13.6. The van der Waals surface area contributed by atoms with Gasteiger partial charge in [-0.3, -0.25) is 9.69 Å². The maximum absolute atomic E-state index is 13.6. The normalized spacial score (nSPS) is 23.0. The molecule has 1 aliphatic carbocycles. The fourth-order valence-electron chi connectivity index (χ4n) is 3.61. The summed E-state index contributed by atoms with van der Waals surface area (Å²) in [5.41, 5.74) is 0.100. The topological polar surface area (TPSA) is 56.0 Å². The first-order chi connectivity index (χ1) is 12.7. The minimum absolute atomic E-state index is 0.0228. The summed E-state index contributed by atoms with van der Waals surface area (Å²) in [5, 5.41) is 7.50. The first-order valence-electron chi connectivity index (χ1n) is 8.46. The summed E-state index contributed by atoms with van der Waals surface area (Å²) in [7, 11) is 0. The lowest BCUT2D eigenvalue weighted by atomic mass is 9.97. The Bertz CT molecular complexity index is 869. The average molecular weight is 389 g/mol. The zero-order valence-electron chi connectivity index (χ0n) is 14.2. The molecule has 0 radical (unpaired) electrons. The third kappa shape index (κ3) is 3.08. The van der Waals surface area contributed by atoms with Crippen LogP contribution in [0, 0.1) is 12.8 Å². The summed E-state index contributed by atoms with van der Waals surface area (Å²) in [5.74, 6) is -0.734. The number of nitrogens with zero attached hydrogens (tertiary/aromatic N) is 5. The van der Waals surface area contributed by atoms with E-state index in [0.717, 1.165) is 29.8 Å². The van der Waals surface area contributed by atoms with Gasteiger partial charge in [0.15, 0.2) is 11.7 Å². The molecule has 0 spiro atoms. The Morgan fingerprint density at radius 3 is 2.52 bits per heavy atom. The van der Waals surface area contributed by atoms with Crippen LogP contribution in [-0.2, 0) is 0 Å². The van der Waals surface area contributed by atoms with Crippen LogP contribution < -0.4 is 4.90 Å². The second kappa shape index (κ2) is 6.03. The molecule has 11 heteroatoms. The van der Waals surface area contributed by atoms with E-state index in [1.54, 1.807) is 6.92 Å². The molecule has 0 saturated heterocycles. The Morgan fingerprint density at radius 2 is 1.96 bits per heavy atom. The van der Waals surface area contributed by atoms with Crippen LogP contribution in [0.2, 0.25) is 0 Å². The van der Waals surface area contributed by atoms with Crippen LogP contribution >= 0.6 is 0 Å². The fourth-order valence-corrected chi connectivity index (χ4v) is 3.61. The highest BCUT2D eigenvalue weighted by atomic mass is 19.4. The van der Waals surface area contributed by atoms with Crippen molar-refractivity contribution in [2.24, 2.45) is 5.92 Å². The average Bonchev–Trinajstić information content (AvgIpc) is 3.15. The van der Waals surface area contributed by atoms with E-state index in [1.807, 2.05) is 0 Å². The Labute approximate surface area is 150 Å². The van der Waals surface area contributed by atoms with Crippen molar-refractivity contribution < 1.29 is 26.7 Å². The van der Waals surface area contributed by atoms with Crippen molar-refractivity contribution >= 4 is 11.7 Å². The quantitative estimate of drug-likeness (QED) is 0.752. The van der Waals surface area contributed by atoms with E-state index >= 15 is 0 Å². The van der Waals surface area contributed by atoms with Crippen molar-refractivity contribution in [3.05, 3.63) is 29.7 Å². The summed E-state index contributed by atoms with van der Waals surface area (Å²) in [6, 6.07) is 0.0517. The lowest BCUT2D eigenvalue weighted by Gasteiger charge is -2.40. The smallest absolute Gasteiger partial charge is 0.288 e. The van der Waals surface area contributed by atoms with E-state index in [0.29, 0.717) is 10.4 Å². The van der Waals surface area contributed by atoms with Crippen LogP contribution in [0.15, 0.2) is 18.3 Å². The first kappa shape index (κ1) is 17.9. The molecule has 4 rings (SSSR count). The monoisotopic (exact) mass is 389 g/mol. The van der Waals surface area contributed by atoms with Gasteiger partial charge >= 0.3 is 12.7 Å². The highest BCUT2D eigenvalue weighted by molar-refractivity contribution is 6.05. The number of carbonyl (C=O) groups excluding carboxylic acids is 1. The van der Waals surface area contributed by atoms with Gasteiger partial charge in [0.2, 0.25) is 0 Å². The summed E-state index contributed by atoms with van der Waals surface area (Å²) >= 11 is 0. The van der Waals surface area contributed by atoms with Gasteiger partial charge < -0.3 is 0 Å². The second-order valence-electron chi connectivity index (χ2n) is 6.92. The minimum Gasteiger partial charge on any atom is -0.288 e. The summed E-state index contributed by atoms with van der Waals surface area (Å²) < 4.78 is 67.4. The number of halogens is 5. The number of aromatic nitrogens is 4. The van der Waals surface area contributed by atoms with Crippen LogP contribution in [0.3, 0.4) is 0 Å². The molecule has 0 bridgehead atoms. The Balaban J connectivity index is 1.77. The zero-order chi connectivity index (χ0) is 19.5. The Kier molecular flexibility index (Phi) is 4.00. The van der Waals surface area contributed by atoms with Gasteiger partial charge in [0.05, 0.1) is 5.69 Å². The number of fused-ring (bicyclic) bond motifs is 1. The van der Waals surface area contributed by atoms with Crippen LogP contribution in [0.25, 0.3) is 0 Å². The molecular formula is C16H16F5N5O. The summed E-state index contributed by atoms with van der Waals surface area (Å²) in [6.07, 6.45) is -2.42. The standard InChI is InChI=1S/C16H16F5N5O/c1-8-6-13-25(14(27)10-4-5-24(23-10)15(17)18)11(9-2-3-9)7-12(16(19,20)21)26(13)22-8/h4-6,9,11-12,15H,2-3,7H2,1H3/t11-,12+/m0/s1. The molecule has 1 amide bonds. The Morgan fingerprint density at radius 1 is 1.26 bits per heavy atom. The lowest BCUT2D eigenvalue weighted by Crippen LogP contribution is -2.50. The SMILES string of the molecule is Cc1cc2n(n1)[C@@H](C(F)(F)F)C[C@@H](C1CC1)N2C(=O)c1ccn(C(F)F)n1. The molecule has 146 valence electrons.